The van der Waals surface area contributed by atoms with Crippen LogP contribution >= 0.6 is 36.2 Å². The summed E-state index contributed by atoms with van der Waals surface area (Å²) in [6, 6.07) is 3.12. The third kappa shape index (κ3) is 5.14. The van der Waals surface area contributed by atoms with E-state index in [1.54, 1.807) is 0 Å². The molecule has 0 aromatic carbocycles. The van der Waals surface area contributed by atoms with Crippen molar-refractivity contribution in [3.05, 3.63) is 21.9 Å². The molecule has 0 aliphatic rings. The number of aliphatic carboxylic acids is 1. The molecule has 0 aliphatic heterocycles. The number of carbonyl (C=O) groups is 1. The molecule has 1 atom stereocenters. The van der Waals surface area contributed by atoms with Crippen LogP contribution in [0, 0.1) is 6.92 Å². The van der Waals surface area contributed by atoms with E-state index in [0.717, 1.165) is 9.75 Å². The summed E-state index contributed by atoms with van der Waals surface area (Å²) >= 11 is 1.49. The van der Waals surface area contributed by atoms with Gasteiger partial charge in [-0.1, -0.05) is 0 Å². The van der Waals surface area contributed by atoms with Crippen LogP contribution < -0.4 is 11.1 Å². The fourth-order valence-corrected chi connectivity index (χ4v) is 2.09. The predicted molar refractivity (Wildman–Crippen MR) is 71.0 cm³/mol. The highest BCUT2D eigenvalue weighted by atomic mass is 35.5. The second-order valence-electron chi connectivity index (χ2n) is 2.96. The van der Waals surface area contributed by atoms with E-state index < -0.39 is 12.0 Å². The first kappa shape index (κ1) is 18.0. The molecule has 4 nitrogen and oxygen atoms in total. The maximum Gasteiger partial charge on any atom is 0.326 e. The van der Waals surface area contributed by atoms with Crippen molar-refractivity contribution in [2.24, 2.45) is 5.73 Å². The maximum absolute atomic E-state index is 10.9. The van der Waals surface area contributed by atoms with Crippen molar-refractivity contribution >= 4 is 42.1 Å². The van der Waals surface area contributed by atoms with Gasteiger partial charge in [0.2, 0.25) is 0 Å². The second kappa shape index (κ2) is 8.78. The molecular weight excluding hydrogens is 271 g/mol. The van der Waals surface area contributed by atoms with E-state index in [1.165, 1.54) is 11.3 Å². The lowest BCUT2D eigenvalue weighted by molar-refractivity contribution is -0.139. The third-order valence-corrected chi connectivity index (χ3v) is 2.85. The lowest BCUT2D eigenvalue weighted by atomic mass is 10.2. The van der Waals surface area contributed by atoms with Gasteiger partial charge in [0.05, 0.1) is 0 Å². The number of rotatable bonds is 5. The predicted octanol–water partition coefficient (Wildman–Crippen LogP) is 1.57. The Kier molecular flexibility index (Phi) is 9.90. The zero-order chi connectivity index (χ0) is 10.6. The molecule has 0 amide bonds. The molecule has 1 heterocycles. The standard InChI is InChI=1S/C9H14N2O2S.2ClH/c1-6-2-3-7(14-6)8(9(12)13)11-5-4-10;;/h2-3,8,11H,4-5,10H2,1H3,(H,12,13);2*1H. The van der Waals surface area contributed by atoms with Crippen molar-refractivity contribution in [3.63, 3.8) is 0 Å². The summed E-state index contributed by atoms with van der Waals surface area (Å²) in [5.41, 5.74) is 5.31. The fraction of sp³-hybridized carbons (Fsp3) is 0.444. The Labute approximate surface area is 111 Å². The summed E-state index contributed by atoms with van der Waals surface area (Å²) in [4.78, 5) is 12.9. The zero-order valence-corrected chi connectivity index (χ0v) is 11.3. The van der Waals surface area contributed by atoms with Crippen LogP contribution in [0.15, 0.2) is 12.1 Å². The van der Waals surface area contributed by atoms with Gasteiger partial charge >= 0.3 is 5.97 Å². The lowest BCUT2D eigenvalue weighted by Crippen LogP contribution is -2.31. The van der Waals surface area contributed by atoms with Crippen molar-refractivity contribution in [3.8, 4) is 0 Å². The molecule has 0 aliphatic carbocycles. The van der Waals surface area contributed by atoms with Gasteiger partial charge in [0.15, 0.2) is 0 Å². The summed E-state index contributed by atoms with van der Waals surface area (Å²) in [5, 5.41) is 11.9. The van der Waals surface area contributed by atoms with Crippen LogP contribution in [0.3, 0.4) is 0 Å². The minimum atomic E-state index is -0.861. The summed E-state index contributed by atoms with van der Waals surface area (Å²) in [5.74, 6) is -0.861. The van der Waals surface area contributed by atoms with Crippen LogP contribution in [0.1, 0.15) is 15.8 Å². The summed E-state index contributed by atoms with van der Waals surface area (Å²) in [6.45, 7) is 2.90. The number of halogens is 2. The SMILES string of the molecule is Cc1ccc(C(NCCN)C(=O)O)s1.Cl.Cl. The number of hydrogen-bond donors (Lipinski definition) is 3. The van der Waals surface area contributed by atoms with E-state index in [4.69, 9.17) is 10.8 Å². The summed E-state index contributed by atoms with van der Waals surface area (Å²) in [7, 11) is 0. The second-order valence-corrected chi connectivity index (χ2v) is 4.28. The van der Waals surface area contributed by atoms with E-state index in [9.17, 15) is 4.79 Å². The normalized spacial score (nSPS) is 11.1. The Bertz CT molecular complexity index is 320. The maximum atomic E-state index is 10.9. The van der Waals surface area contributed by atoms with Gasteiger partial charge in [-0.3, -0.25) is 10.1 Å². The number of aryl methyl sites for hydroxylation is 1. The number of carboxylic acid groups (broad SMARTS) is 1. The van der Waals surface area contributed by atoms with Gasteiger partial charge < -0.3 is 10.8 Å². The molecule has 0 radical (unpaired) electrons. The number of nitrogens with one attached hydrogen (secondary N) is 1. The van der Waals surface area contributed by atoms with Gasteiger partial charge in [0, 0.05) is 22.8 Å². The van der Waals surface area contributed by atoms with Gasteiger partial charge in [-0.15, -0.1) is 36.2 Å². The van der Waals surface area contributed by atoms with Crippen molar-refractivity contribution in [2.75, 3.05) is 13.1 Å². The first-order valence-corrected chi connectivity index (χ1v) is 5.19. The molecule has 1 unspecified atom stereocenters. The van der Waals surface area contributed by atoms with Crippen LogP contribution in [0.25, 0.3) is 0 Å². The minimum absolute atomic E-state index is 0. The van der Waals surface area contributed by atoms with E-state index in [0.29, 0.717) is 13.1 Å². The minimum Gasteiger partial charge on any atom is -0.480 e. The molecule has 0 fully saturated rings. The Balaban J connectivity index is 0. The average molecular weight is 287 g/mol. The molecule has 7 heteroatoms. The number of carboxylic acids is 1. The topological polar surface area (TPSA) is 75.3 Å². The molecule has 1 aromatic rings. The van der Waals surface area contributed by atoms with Crippen LogP contribution in [0.2, 0.25) is 0 Å². The fourth-order valence-electron chi connectivity index (χ4n) is 1.15. The molecular formula is C9H16Cl2N2O2S. The first-order valence-electron chi connectivity index (χ1n) is 4.37. The highest BCUT2D eigenvalue weighted by Gasteiger charge is 2.19. The molecule has 0 saturated carbocycles. The van der Waals surface area contributed by atoms with Gasteiger partial charge in [-0.2, -0.15) is 0 Å². The molecule has 0 saturated heterocycles. The van der Waals surface area contributed by atoms with Crippen LogP contribution in [-0.2, 0) is 4.79 Å². The Morgan fingerprint density at radius 2 is 2.19 bits per heavy atom. The molecule has 0 bridgehead atoms. The molecule has 1 rings (SSSR count). The number of nitrogens with two attached hydrogens (primary N) is 1. The Hall–Kier alpha value is -0.330. The van der Waals surface area contributed by atoms with Crippen molar-refractivity contribution in [1.29, 1.82) is 0 Å². The summed E-state index contributed by atoms with van der Waals surface area (Å²) < 4.78 is 0. The molecule has 1 aromatic heterocycles. The number of thiophene rings is 1. The molecule has 0 spiro atoms. The Morgan fingerprint density at radius 1 is 1.56 bits per heavy atom. The van der Waals surface area contributed by atoms with Gasteiger partial charge in [-0.25, -0.2) is 0 Å². The molecule has 94 valence electrons. The quantitative estimate of drug-likeness (QED) is 0.768. The van der Waals surface area contributed by atoms with Crippen molar-refractivity contribution in [1.82, 2.24) is 5.32 Å². The molecule has 4 N–H and O–H groups in total. The van der Waals surface area contributed by atoms with Crippen LogP contribution in [0.4, 0.5) is 0 Å². The van der Waals surface area contributed by atoms with Gasteiger partial charge in [-0.05, 0) is 19.1 Å². The molecule has 16 heavy (non-hydrogen) atoms. The monoisotopic (exact) mass is 286 g/mol. The largest absolute Gasteiger partial charge is 0.480 e. The zero-order valence-electron chi connectivity index (χ0n) is 8.80. The highest BCUT2D eigenvalue weighted by molar-refractivity contribution is 7.12. The lowest BCUT2D eigenvalue weighted by Gasteiger charge is -2.11. The van der Waals surface area contributed by atoms with Gasteiger partial charge in [0.1, 0.15) is 6.04 Å². The van der Waals surface area contributed by atoms with E-state index in [1.807, 2.05) is 19.1 Å². The number of hydrogen-bond acceptors (Lipinski definition) is 4. The third-order valence-electron chi connectivity index (χ3n) is 1.79. The van der Waals surface area contributed by atoms with Crippen LogP contribution in [0.5, 0.6) is 0 Å². The van der Waals surface area contributed by atoms with Crippen molar-refractivity contribution in [2.45, 2.75) is 13.0 Å². The highest BCUT2D eigenvalue weighted by Crippen LogP contribution is 2.22. The van der Waals surface area contributed by atoms with E-state index in [-0.39, 0.29) is 24.8 Å². The van der Waals surface area contributed by atoms with Crippen molar-refractivity contribution < 1.29 is 9.90 Å². The Morgan fingerprint density at radius 3 is 2.56 bits per heavy atom. The van der Waals surface area contributed by atoms with Crippen LogP contribution in [-0.4, -0.2) is 24.2 Å². The summed E-state index contributed by atoms with van der Waals surface area (Å²) in [6.07, 6.45) is 0. The van der Waals surface area contributed by atoms with E-state index in [2.05, 4.69) is 5.32 Å². The van der Waals surface area contributed by atoms with Gasteiger partial charge in [0.25, 0.3) is 0 Å². The smallest absolute Gasteiger partial charge is 0.326 e. The van der Waals surface area contributed by atoms with E-state index >= 15 is 0 Å². The first-order chi connectivity index (χ1) is 6.65. The average Bonchev–Trinajstić information content (AvgIpc) is 2.52.